The zero-order valence-corrected chi connectivity index (χ0v) is 8.06. The van der Waals surface area contributed by atoms with Gasteiger partial charge in [-0.1, -0.05) is 0 Å². The molecule has 0 aliphatic rings. The molecule has 0 saturated carbocycles. The first-order valence-electron chi connectivity index (χ1n) is 4.37. The summed E-state index contributed by atoms with van der Waals surface area (Å²) in [5, 5.41) is 8.43. The summed E-state index contributed by atoms with van der Waals surface area (Å²) >= 11 is 0. The number of hydrogen-bond acceptors (Lipinski definition) is 4. The predicted octanol–water partition coefficient (Wildman–Crippen LogP) is 1.60. The van der Waals surface area contributed by atoms with Crippen LogP contribution in [0.4, 0.5) is 0 Å². The number of carbonyl (C=O) groups is 1. The van der Waals surface area contributed by atoms with E-state index in [-0.39, 0.29) is 6.61 Å². The normalized spacial score (nSPS) is 10.5. The van der Waals surface area contributed by atoms with Crippen LogP contribution in [0.15, 0.2) is 22.6 Å². The number of carboxylic acids is 1. The lowest BCUT2D eigenvalue weighted by Crippen LogP contribution is -2.09. The van der Waals surface area contributed by atoms with Gasteiger partial charge in [0.15, 0.2) is 18.1 Å². The molecule has 0 saturated heterocycles. The lowest BCUT2D eigenvalue weighted by Gasteiger charge is -2.01. The van der Waals surface area contributed by atoms with Crippen molar-refractivity contribution in [1.82, 2.24) is 4.98 Å². The summed E-state index contributed by atoms with van der Waals surface area (Å²) in [6.07, 6.45) is 0. The number of carboxylic acid groups (broad SMARTS) is 1. The average Bonchev–Trinajstić information content (AvgIpc) is 2.53. The Labute approximate surface area is 85.3 Å². The van der Waals surface area contributed by atoms with Gasteiger partial charge in [-0.2, -0.15) is 0 Å². The Bertz CT molecular complexity index is 503. The van der Waals surface area contributed by atoms with Crippen molar-refractivity contribution in [2.24, 2.45) is 0 Å². The van der Waals surface area contributed by atoms with Gasteiger partial charge in [0.2, 0.25) is 0 Å². The third kappa shape index (κ3) is 2.07. The monoisotopic (exact) mass is 207 g/mol. The molecular formula is C10H9NO4. The summed E-state index contributed by atoms with van der Waals surface area (Å²) in [6.45, 7) is 1.39. The Kier molecular flexibility index (Phi) is 2.29. The van der Waals surface area contributed by atoms with E-state index in [0.29, 0.717) is 17.2 Å². The molecule has 5 heteroatoms. The van der Waals surface area contributed by atoms with E-state index in [1.54, 1.807) is 25.1 Å². The third-order valence-corrected chi connectivity index (χ3v) is 1.83. The minimum absolute atomic E-state index is 0.362. The molecule has 78 valence electrons. The standard InChI is InChI=1S/C10H9NO4/c1-6-11-8-3-2-7(4-9(8)15-6)14-5-10(12)13/h2-4H,5H2,1H3,(H,12,13). The van der Waals surface area contributed by atoms with Crippen molar-refractivity contribution >= 4 is 17.1 Å². The molecule has 0 amide bonds. The predicted molar refractivity (Wildman–Crippen MR) is 51.9 cm³/mol. The number of nitrogens with zero attached hydrogens (tertiary/aromatic N) is 1. The van der Waals surface area contributed by atoms with Gasteiger partial charge in [-0.3, -0.25) is 0 Å². The molecule has 2 aromatic rings. The SMILES string of the molecule is Cc1nc2ccc(OCC(=O)O)cc2o1. The van der Waals surface area contributed by atoms with Gasteiger partial charge in [0.05, 0.1) is 0 Å². The Balaban J connectivity index is 2.26. The van der Waals surface area contributed by atoms with E-state index in [2.05, 4.69) is 4.98 Å². The van der Waals surface area contributed by atoms with Crippen molar-refractivity contribution in [3.05, 3.63) is 24.1 Å². The van der Waals surface area contributed by atoms with Crippen LogP contribution in [0.3, 0.4) is 0 Å². The summed E-state index contributed by atoms with van der Waals surface area (Å²) in [5.74, 6) is 0.0188. The molecule has 15 heavy (non-hydrogen) atoms. The number of fused-ring (bicyclic) bond motifs is 1. The van der Waals surface area contributed by atoms with E-state index in [4.69, 9.17) is 14.3 Å². The van der Waals surface area contributed by atoms with Crippen molar-refractivity contribution in [3.63, 3.8) is 0 Å². The van der Waals surface area contributed by atoms with Crippen LogP contribution >= 0.6 is 0 Å². The second-order valence-corrected chi connectivity index (χ2v) is 3.04. The molecule has 5 nitrogen and oxygen atoms in total. The van der Waals surface area contributed by atoms with Gasteiger partial charge < -0.3 is 14.3 Å². The second-order valence-electron chi connectivity index (χ2n) is 3.04. The number of aromatic nitrogens is 1. The molecule has 2 rings (SSSR count). The summed E-state index contributed by atoms with van der Waals surface area (Å²) in [6, 6.07) is 5.01. The number of oxazole rings is 1. The fourth-order valence-electron chi connectivity index (χ4n) is 1.26. The molecule has 0 spiro atoms. The van der Waals surface area contributed by atoms with Crippen LogP contribution in [-0.2, 0) is 4.79 Å². The molecule has 0 unspecified atom stereocenters. The molecule has 0 aliphatic carbocycles. The molecule has 0 fully saturated rings. The van der Waals surface area contributed by atoms with Crippen LogP contribution in [0, 0.1) is 6.92 Å². The van der Waals surface area contributed by atoms with Gasteiger partial charge in [0.1, 0.15) is 11.3 Å². The lowest BCUT2D eigenvalue weighted by molar-refractivity contribution is -0.139. The second kappa shape index (κ2) is 3.61. The zero-order valence-electron chi connectivity index (χ0n) is 8.06. The van der Waals surface area contributed by atoms with Crippen molar-refractivity contribution in [3.8, 4) is 5.75 Å². The van der Waals surface area contributed by atoms with E-state index >= 15 is 0 Å². The van der Waals surface area contributed by atoms with Crippen molar-refractivity contribution in [1.29, 1.82) is 0 Å². The van der Waals surface area contributed by atoms with Crippen LogP contribution in [0.25, 0.3) is 11.1 Å². The van der Waals surface area contributed by atoms with Gasteiger partial charge in [0, 0.05) is 13.0 Å². The number of aryl methyl sites for hydroxylation is 1. The average molecular weight is 207 g/mol. The van der Waals surface area contributed by atoms with Crippen LogP contribution in [-0.4, -0.2) is 22.7 Å². The maximum atomic E-state index is 10.3. The summed E-state index contributed by atoms with van der Waals surface area (Å²) in [4.78, 5) is 14.4. The molecule has 1 aromatic heterocycles. The van der Waals surface area contributed by atoms with Gasteiger partial charge >= 0.3 is 5.97 Å². The molecule has 1 aromatic carbocycles. The number of ether oxygens (including phenoxy) is 1. The quantitative estimate of drug-likeness (QED) is 0.827. The van der Waals surface area contributed by atoms with Gasteiger partial charge in [-0.05, 0) is 12.1 Å². The van der Waals surface area contributed by atoms with E-state index in [1.165, 1.54) is 0 Å². The smallest absolute Gasteiger partial charge is 0.341 e. The first-order valence-corrected chi connectivity index (χ1v) is 4.37. The first-order chi connectivity index (χ1) is 7.15. The van der Waals surface area contributed by atoms with Crippen molar-refractivity contribution < 1.29 is 19.1 Å². The topological polar surface area (TPSA) is 72.6 Å². The van der Waals surface area contributed by atoms with Crippen LogP contribution < -0.4 is 4.74 Å². The fraction of sp³-hybridized carbons (Fsp3) is 0.200. The highest BCUT2D eigenvalue weighted by atomic mass is 16.5. The fourth-order valence-corrected chi connectivity index (χ4v) is 1.26. The number of hydrogen-bond donors (Lipinski definition) is 1. The Hall–Kier alpha value is -2.04. The number of benzene rings is 1. The summed E-state index contributed by atoms with van der Waals surface area (Å²) in [7, 11) is 0. The molecule has 0 bridgehead atoms. The first kappa shape index (κ1) is 9.51. The van der Waals surface area contributed by atoms with Crippen LogP contribution in [0.5, 0.6) is 5.75 Å². The third-order valence-electron chi connectivity index (χ3n) is 1.83. The largest absolute Gasteiger partial charge is 0.482 e. The zero-order chi connectivity index (χ0) is 10.8. The van der Waals surface area contributed by atoms with E-state index in [1.807, 2.05) is 0 Å². The van der Waals surface area contributed by atoms with Gasteiger partial charge in [-0.15, -0.1) is 0 Å². The molecule has 1 heterocycles. The Morgan fingerprint density at radius 3 is 3.13 bits per heavy atom. The Morgan fingerprint density at radius 2 is 2.40 bits per heavy atom. The van der Waals surface area contributed by atoms with Gasteiger partial charge in [0.25, 0.3) is 0 Å². The molecule has 0 aliphatic heterocycles. The van der Waals surface area contributed by atoms with Gasteiger partial charge in [-0.25, -0.2) is 9.78 Å². The number of aliphatic carboxylic acids is 1. The highest BCUT2D eigenvalue weighted by molar-refractivity contribution is 5.74. The highest BCUT2D eigenvalue weighted by Gasteiger charge is 2.04. The molecule has 1 N–H and O–H groups in total. The summed E-state index contributed by atoms with van der Waals surface area (Å²) < 4.78 is 10.3. The maximum Gasteiger partial charge on any atom is 0.341 e. The van der Waals surface area contributed by atoms with Crippen molar-refractivity contribution in [2.75, 3.05) is 6.61 Å². The minimum Gasteiger partial charge on any atom is -0.482 e. The van der Waals surface area contributed by atoms with E-state index < -0.39 is 5.97 Å². The number of rotatable bonds is 3. The van der Waals surface area contributed by atoms with Crippen LogP contribution in [0.1, 0.15) is 5.89 Å². The van der Waals surface area contributed by atoms with Crippen molar-refractivity contribution in [2.45, 2.75) is 6.92 Å². The summed E-state index contributed by atoms with van der Waals surface area (Å²) in [5.41, 5.74) is 1.32. The molecule has 0 radical (unpaired) electrons. The highest BCUT2D eigenvalue weighted by Crippen LogP contribution is 2.21. The Morgan fingerprint density at radius 1 is 1.60 bits per heavy atom. The minimum atomic E-state index is -1.01. The van der Waals surface area contributed by atoms with E-state index in [9.17, 15) is 4.79 Å². The molecular weight excluding hydrogens is 198 g/mol. The lowest BCUT2D eigenvalue weighted by atomic mass is 10.3. The maximum absolute atomic E-state index is 10.3. The van der Waals surface area contributed by atoms with Crippen LogP contribution in [0.2, 0.25) is 0 Å². The van der Waals surface area contributed by atoms with E-state index in [0.717, 1.165) is 5.52 Å². The molecule has 0 atom stereocenters.